The fourth-order valence-corrected chi connectivity index (χ4v) is 3.97. The Kier molecular flexibility index (Phi) is 5.25. The van der Waals surface area contributed by atoms with Crippen molar-refractivity contribution >= 4 is 17.5 Å². The Balaban J connectivity index is 1.44. The van der Waals surface area contributed by atoms with Gasteiger partial charge in [0.15, 0.2) is 0 Å². The lowest BCUT2D eigenvalue weighted by atomic mass is 10.1. The van der Waals surface area contributed by atoms with Gasteiger partial charge in [-0.25, -0.2) is 0 Å². The normalized spacial score (nSPS) is 18.8. The van der Waals surface area contributed by atoms with Crippen LogP contribution < -0.4 is 10.2 Å². The van der Waals surface area contributed by atoms with Crippen molar-refractivity contribution < 1.29 is 14.0 Å². The minimum atomic E-state index is -0.126. The van der Waals surface area contributed by atoms with E-state index in [9.17, 15) is 9.59 Å². The molecule has 4 rings (SSSR count). The lowest BCUT2D eigenvalue weighted by molar-refractivity contribution is -0.117. The number of carbonyl (C=O) groups excluding carboxylic acids is 2. The third-order valence-corrected chi connectivity index (χ3v) is 5.40. The summed E-state index contributed by atoms with van der Waals surface area (Å²) in [6.07, 6.45) is 5.48. The van der Waals surface area contributed by atoms with Gasteiger partial charge in [-0.2, -0.15) is 0 Å². The Bertz CT molecular complexity index is 797. The lowest BCUT2D eigenvalue weighted by Crippen LogP contribution is -2.36. The summed E-state index contributed by atoms with van der Waals surface area (Å²) in [6.45, 7) is 3.26. The fourth-order valence-electron chi connectivity index (χ4n) is 3.97. The van der Waals surface area contributed by atoms with Gasteiger partial charge in [-0.15, -0.1) is 0 Å². The molecule has 0 radical (unpaired) electrons. The van der Waals surface area contributed by atoms with E-state index in [0.717, 1.165) is 37.5 Å². The second kappa shape index (κ2) is 7.96. The van der Waals surface area contributed by atoms with Crippen LogP contribution in [0.15, 0.2) is 47.1 Å². The highest BCUT2D eigenvalue weighted by Gasteiger charge is 2.26. The van der Waals surface area contributed by atoms with Crippen molar-refractivity contribution in [1.82, 2.24) is 10.2 Å². The number of nitrogens with one attached hydrogen (secondary N) is 1. The van der Waals surface area contributed by atoms with E-state index < -0.39 is 0 Å². The monoisotopic (exact) mass is 367 g/mol. The van der Waals surface area contributed by atoms with Crippen LogP contribution in [-0.4, -0.2) is 42.9 Å². The van der Waals surface area contributed by atoms with E-state index in [0.29, 0.717) is 18.5 Å². The molecule has 2 saturated heterocycles. The number of hydrogen-bond donors (Lipinski definition) is 1. The van der Waals surface area contributed by atoms with E-state index >= 15 is 0 Å². The molecule has 0 bridgehead atoms. The van der Waals surface area contributed by atoms with Crippen LogP contribution in [-0.2, 0) is 4.79 Å². The van der Waals surface area contributed by atoms with Crippen LogP contribution in [0.3, 0.4) is 0 Å². The first-order valence-corrected chi connectivity index (χ1v) is 9.68. The molecule has 2 aliphatic heterocycles. The molecular weight excluding hydrogens is 342 g/mol. The van der Waals surface area contributed by atoms with Gasteiger partial charge in [-0.05, 0) is 62.7 Å². The first kappa shape index (κ1) is 17.8. The Morgan fingerprint density at radius 3 is 2.67 bits per heavy atom. The summed E-state index contributed by atoms with van der Waals surface area (Å²) in [4.78, 5) is 28.8. The van der Waals surface area contributed by atoms with Crippen LogP contribution in [0, 0.1) is 0 Å². The maximum Gasteiger partial charge on any atom is 0.251 e. The van der Waals surface area contributed by atoms with E-state index in [1.165, 1.54) is 12.8 Å². The van der Waals surface area contributed by atoms with Crippen LogP contribution in [0.5, 0.6) is 0 Å². The summed E-state index contributed by atoms with van der Waals surface area (Å²) in [7, 11) is 0. The lowest BCUT2D eigenvalue weighted by Gasteiger charge is -2.26. The van der Waals surface area contributed by atoms with Crippen molar-refractivity contribution in [3.63, 3.8) is 0 Å². The molecule has 3 heterocycles. The quantitative estimate of drug-likeness (QED) is 0.852. The predicted octanol–water partition coefficient (Wildman–Crippen LogP) is 2.97. The van der Waals surface area contributed by atoms with Gasteiger partial charge < -0.3 is 14.6 Å². The van der Waals surface area contributed by atoms with Gasteiger partial charge in [0, 0.05) is 30.8 Å². The maximum absolute atomic E-state index is 12.7. The van der Waals surface area contributed by atoms with Gasteiger partial charge in [0.05, 0.1) is 12.3 Å². The summed E-state index contributed by atoms with van der Waals surface area (Å²) in [5, 5.41) is 3.05. The molecule has 6 nitrogen and oxygen atoms in total. The zero-order chi connectivity index (χ0) is 18.6. The topological polar surface area (TPSA) is 65.8 Å². The zero-order valence-electron chi connectivity index (χ0n) is 15.4. The van der Waals surface area contributed by atoms with Gasteiger partial charge in [0.2, 0.25) is 5.91 Å². The average Bonchev–Trinajstić information content (AvgIpc) is 3.45. The van der Waals surface area contributed by atoms with Gasteiger partial charge in [0.1, 0.15) is 5.76 Å². The van der Waals surface area contributed by atoms with Crippen LogP contribution in [0.2, 0.25) is 0 Å². The maximum atomic E-state index is 12.7. The predicted molar refractivity (Wildman–Crippen MR) is 103 cm³/mol. The highest BCUT2D eigenvalue weighted by molar-refractivity contribution is 5.99. The molecular formula is C21H25N3O3. The van der Waals surface area contributed by atoms with E-state index in [1.807, 2.05) is 24.3 Å². The fraction of sp³-hybridized carbons (Fsp3) is 0.429. The Labute approximate surface area is 159 Å². The number of rotatable bonds is 6. The van der Waals surface area contributed by atoms with Crippen LogP contribution >= 0.6 is 0 Å². The van der Waals surface area contributed by atoms with E-state index in [1.54, 1.807) is 23.3 Å². The second-order valence-corrected chi connectivity index (χ2v) is 7.18. The van der Waals surface area contributed by atoms with E-state index in [4.69, 9.17) is 4.42 Å². The smallest absolute Gasteiger partial charge is 0.251 e. The number of carbonyl (C=O) groups is 2. The summed E-state index contributed by atoms with van der Waals surface area (Å²) in [6, 6.07) is 11.2. The summed E-state index contributed by atoms with van der Waals surface area (Å²) in [5.41, 5.74) is 1.37. The molecule has 1 N–H and O–H groups in total. The van der Waals surface area contributed by atoms with Crippen LogP contribution in [0.4, 0.5) is 5.69 Å². The Morgan fingerprint density at radius 1 is 1.11 bits per heavy atom. The third-order valence-electron chi connectivity index (χ3n) is 5.40. The van der Waals surface area contributed by atoms with Gasteiger partial charge in [-0.3, -0.25) is 14.5 Å². The summed E-state index contributed by atoms with van der Waals surface area (Å²) < 4.78 is 5.61. The minimum Gasteiger partial charge on any atom is -0.468 e. The van der Waals surface area contributed by atoms with Gasteiger partial charge in [0.25, 0.3) is 5.91 Å². The molecule has 142 valence electrons. The van der Waals surface area contributed by atoms with Gasteiger partial charge in [-0.1, -0.05) is 6.07 Å². The molecule has 0 unspecified atom stereocenters. The van der Waals surface area contributed by atoms with E-state index in [2.05, 4.69) is 10.2 Å². The Hall–Kier alpha value is -2.60. The number of benzene rings is 1. The summed E-state index contributed by atoms with van der Waals surface area (Å²) in [5.74, 6) is 0.882. The largest absolute Gasteiger partial charge is 0.468 e. The van der Waals surface area contributed by atoms with Crippen molar-refractivity contribution in [2.24, 2.45) is 0 Å². The molecule has 27 heavy (non-hydrogen) atoms. The minimum absolute atomic E-state index is 0.0507. The molecule has 0 aliphatic carbocycles. The highest BCUT2D eigenvalue weighted by atomic mass is 16.3. The second-order valence-electron chi connectivity index (χ2n) is 7.18. The van der Waals surface area contributed by atoms with Crippen LogP contribution in [0.1, 0.15) is 47.8 Å². The Morgan fingerprint density at radius 2 is 1.96 bits per heavy atom. The molecule has 1 atom stereocenters. The molecule has 1 aromatic carbocycles. The number of anilines is 1. The third kappa shape index (κ3) is 3.90. The van der Waals surface area contributed by atoms with Crippen molar-refractivity contribution in [3.8, 4) is 0 Å². The highest BCUT2D eigenvalue weighted by Crippen LogP contribution is 2.25. The molecule has 2 fully saturated rings. The number of furan rings is 1. The summed E-state index contributed by atoms with van der Waals surface area (Å²) >= 11 is 0. The van der Waals surface area contributed by atoms with Crippen molar-refractivity contribution in [1.29, 1.82) is 0 Å². The van der Waals surface area contributed by atoms with Crippen molar-refractivity contribution in [2.75, 3.05) is 31.1 Å². The molecule has 2 aromatic rings. The number of likely N-dealkylation sites (tertiary alicyclic amines) is 1. The SMILES string of the molecule is O=C(NC[C@H](c1ccco1)N1CCCC1)c1cccc(N2CCCC2=O)c1. The first-order valence-electron chi connectivity index (χ1n) is 9.68. The standard InChI is InChI=1S/C21H25N3O3/c25-20-9-4-12-24(20)17-7-3-6-16(14-17)21(26)22-15-18(19-8-5-13-27-19)23-10-1-2-11-23/h3,5-8,13-14,18H,1-2,4,9-12,15H2,(H,22,26)/t18-/m1/s1. The van der Waals surface area contributed by atoms with Gasteiger partial charge >= 0.3 is 0 Å². The molecule has 2 amide bonds. The molecule has 1 aromatic heterocycles. The number of nitrogens with zero attached hydrogens (tertiary/aromatic N) is 2. The molecule has 6 heteroatoms. The van der Waals surface area contributed by atoms with Crippen molar-refractivity contribution in [3.05, 3.63) is 54.0 Å². The number of amides is 2. The van der Waals surface area contributed by atoms with Crippen molar-refractivity contribution in [2.45, 2.75) is 31.7 Å². The van der Waals surface area contributed by atoms with E-state index in [-0.39, 0.29) is 17.9 Å². The molecule has 0 saturated carbocycles. The molecule has 2 aliphatic rings. The zero-order valence-corrected chi connectivity index (χ0v) is 15.4. The first-order chi connectivity index (χ1) is 13.2. The number of hydrogen-bond acceptors (Lipinski definition) is 4. The molecule has 0 spiro atoms. The average molecular weight is 367 g/mol. The van der Waals surface area contributed by atoms with Crippen LogP contribution in [0.25, 0.3) is 0 Å².